The van der Waals surface area contributed by atoms with Crippen LogP contribution in [0.25, 0.3) is 100 Å². The normalized spacial score (nSPS) is 13.0. The number of furan rings is 1. The minimum absolute atomic E-state index is 0.543. The number of hydrogen-bond acceptors (Lipinski definition) is 3. The van der Waals surface area contributed by atoms with Gasteiger partial charge >= 0.3 is 0 Å². The first-order chi connectivity index (χ1) is 30.7. The third-order valence-electron chi connectivity index (χ3n) is 13.1. The van der Waals surface area contributed by atoms with Crippen LogP contribution in [0.3, 0.4) is 0 Å². The molecule has 0 atom stereocenters. The fraction of sp³-hybridized carbons (Fsp3) is 0.0169. The molecule has 0 saturated heterocycles. The second kappa shape index (κ2) is 13.4. The smallest absolute Gasteiger partial charge is 0.160 e. The maximum Gasteiger partial charge on any atom is 0.160 e. The zero-order valence-corrected chi connectivity index (χ0v) is 33.6. The molecule has 3 heteroatoms. The largest absolute Gasteiger partial charge is 0.456 e. The molecule has 0 amide bonds. The molecular formula is C59H36N2O. The molecular weight excluding hydrogens is 753 g/mol. The summed E-state index contributed by atoms with van der Waals surface area (Å²) in [7, 11) is 0. The van der Waals surface area contributed by atoms with Gasteiger partial charge in [0.15, 0.2) is 5.82 Å². The monoisotopic (exact) mass is 788 g/mol. The highest BCUT2D eigenvalue weighted by Crippen LogP contribution is 2.61. The second-order valence-corrected chi connectivity index (χ2v) is 16.4. The van der Waals surface area contributed by atoms with Crippen LogP contribution in [0.5, 0.6) is 0 Å². The third kappa shape index (κ3) is 5.06. The molecule has 2 heterocycles. The molecule has 2 aliphatic rings. The van der Waals surface area contributed by atoms with Crippen molar-refractivity contribution in [3.05, 3.63) is 241 Å². The average Bonchev–Trinajstić information content (AvgIpc) is 3.84. The van der Waals surface area contributed by atoms with Gasteiger partial charge in [0, 0.05) is 27.5 Å². The van der Waals surface area contributed by atoms with Crippen molar-refractivity contribution in [1.29, 1.82) is 0 Å². The summed E-state index contributed by atoms with van der Waals surface area (Å²) in [6.07, 6.45) is 0. The number of nitrogens with zero attached hydrogens (tertiary/aromatic N) is 2. The quantitative estimate of drug-likeness (QED) is 0.178. The lowest BCUT2D eigenvalue weighted by Crippen LogP contribution is -2.29. The van der Waals surface area contributed by atoms with E-state index in [0.717, 1.165) is 61.1 Å². The Morgan fingerprint density at radius 1 is 0.290 bits per heavy atom. The fourth-order valence-corrected chi connectivity index (χ4v) is 10.4. The zero-order chi connectivity index (χ0) is 40.8. The van der Waals surface area contributed by atoms with Gasteiger partial charge in [0.1, 0.15) is 11.2 Å². The number of aromatic nitrogens is 2. The number of fused-ring (bicyclic) bond motifs is 15. The lowest BCUT2D eigenvalue weighted by Gasteiger charge is -2.35. The Bertz CT molecular complexity index is 3550. The molecule has 2 aromatic heterocycles. The first-order valence-electron chi connectivity index (χ1n) is 21.2. The third-order valence-corrected chi connectivity index (χ3v) is 13.1. The minimum atomic E-state index is -0.543. The summed E-state index contributed by atoms with van der Waals surface area (Å²) in [6, 6.07) is 78.8. The van der Waals surface area contributed by atoms with Gasteiger partial charge in [0.25, 0.3) is 0 Å². The van der Waals surface area contributed by atoms with E-state index < -0.39 is 5.41 Å². The Kier molecular flexibility index (Phi) is 7.52. The molecule has 9 aromatic carbocycles. The van der Waals surface area contributed by atoms with Gasteiger partial charge in [-0.05, 0) is 103 Å². The summed E-state index contributed by atoms with van der Waals surface area (Å²) in [6.45, 7) is 0. The molecule has 3 nitrogen and oxygen atoms in total. The van der Waals surface area contributed by atoms with E-state index in [0.29, 0.717) is 5.82 Å². The molecule has 13 rings (SSSR count). The van der Waals surface area contributed by atoms with E-state index in [-0.39, 0.29) is 0 Å². The maximum atomic E-state index is 6.38. The second-order valence-electron chi connectivity index (χ2n) is 16.4. The topological polar surface area (TPSA) is 38.9 Å². The van der Waals surface area contributed by atoms with Crippen LogP contribution in [0.2, 0.25) is 0 Å². The molecule has 0 bridgehead atoms. The van der Waals surface area contributed by atoms with Crippen LogP contribution in [0.15, 0.2) is 223 Å². The molecule has 2 aliphatic carbocycles. The predicted octanol–water partition coefficient (Wildman–Crippen LogP) is 15.1. The Morgan fingerprint density at radius 2 is 0.790 bits per heavy atom. The van der Waals surface area contributed by atoms with Crippen LogP contribution in [-0.2, 0) is 5.41 Å². The summed E-state index contributed by atoms with van der Waals surface area (Å²) in [4.78, 5) is 10.7. The highest BCUT2D eigenvalue weighted by atomic mass is 16.3. The van der Waals surface area contributed by atoms with Gasteiger partial charge in [0.2, 0.25) is 0 Å². The Balaban J connectivity index is 1.07. The minimum Gasteiger partial charge on any atom is -0.456 e. The van der Waals surface area contributed by atoms with E-state index >= 15 is 0 Å². The van der Waals surface area contributed by atoms with Crippen LogP contribution in [0, 0.1) is 0 Å². The molecule has 1 spiro atoms. The number of para-hydroxylation sites is 1. The van der Waals surface area contributed by atoms with E-state index in [2.05, 4.69) is 206 Å². The number of hydrogen-bond donors (Lipinski definition) is 0. The van der Waals surface area contributed by atoms with E-state index in [1.54, 1.807) is 0 Å². The Morgan fingerprint density at radius 3 is 1.50 bits per heavy atom. The van der Waals surface area contributed by atoms with Crippen LogP contribution in [-0.4, -0.2) is 9.97 Å². The van der Waals surface area contributed by atoms with Gasteiger partial charge in [0.05, 0.1) is 16.8 Å². The zero-order valence-electron chi connectivity index (χ0n) is 33.6. The van der Waals surface area contributed by atoms with Crippen molar-refractivity contribution in [3.63, 3.8) is 0 Å². The van der Waals surface area contributed by atoms with Crippen molar-refractivity contribution >= 4 is 21.9 Å². The molecule has 0 saturated carbocycles. The lowest BCUT2D eigenvalue weighted by atomic mass is 9.66. The van der Waals surface area contributed by atoms with E-state index in [4.69, 9.17) is 14.4 Å². The molecule has 11 aromatic rings. The summed E-state index contributed by atoms with van der Waals surface area (Å²) in [5, 5.41) is 2.17. The van der Waals surface area contributed by atoms with Gasteiger partial charge in [-0.1, -0.05) is 182 Å². The van der Waals surface area contributed by atoms with E-state index in [1.807, 2.05) is 12.1 Å². The predicted molar refractivity (Wildman–Crippen MR) is 253 cm³/mol. The SMILES string of the molecule is c1ccc(-c2cccc(-c3cc(-c4ccc5c(c4)-c4ccccc4-c4ccccc4C54c5ccccc5-c5ccccc54)nc(-c4ccc5c(c4)oc4ccccc45)n3)c2)cc1. The van der Waals surface area contributed by atoms with Crippen LogP contribution < -0.4 is 0 Å². The van der Waals surface area contributed by atoms with Crippen molar-refractivity contribution in [2.75, 3.05) is 0 Å². The molecule has 288 valence electrons. The van der Waals surface area contributed by atoms with Gasteiger partial charge in [-0.25, -0.2) is 9.97 Å². The first kappa shape index (κ1) is 34.7. The summed E-state index contributed by atoms with van der Waals surface area (Å²) in [5.74, 6) is 0.642. The summed E-state index contributed by atoms with van der Waals surface area (Å²) >= 11 is 0. The van der Waals surface area contributed by atoms with E-state index in [9.17, 15) is 0 Å². The molecule has 0 aliphatic heterocycles. The van der Waals surface area contributed by atoms with Crippen molar-refractivity contribution in [2.45, 2.75) is 5.41 Å². The van der Waals surface area contributed by atoms with Crippen molar-refractivity contribution in [3.8, 4) is 78.4 Å². The molecule has 0 fully saturated rings. The average molecular weight is 789 g/mol. The van der Waals surface area contributed by atoms with Crippen molar-refractivity contribution in [2.24, 2.45) is 0 Å². The molecule has 62 heavy (non-hydrogen) atoms. The van der Waals surface area contributed by atoms with Crippen LogP contribution in [0.1, 0.15) is 22.3 Å². The highest BCUT2D eigenvalue weighted by Gasteiger charge is 2.49. The summed E-state index contributed by atoms with van der Waals surface area (Å²) < 4.78 is 6.38. The van der Waals surface area contributed by atoms with Crippen LogP contribution in [0.4, 0.5) is 0 Å². The Hall–Kier alpha value is -8.14. The Labute approximate surface area is 359 Å². The van der Waals surface area contributed by atoms with Crippen molar-refractivity contribution in [1.82, 2.24) is 9.97 Å². The molecule has 0 N–H and O–H groups in total. The van der Waals surface area contributed by atoms with Crippen molar-refractivity contribution < 1.29 is 4.42 Å². The summed E-state index contributed by atoms with van der Waals surface area (Å²) in [5.41, 5.74) is 20.7. The standard InChI is InChI=1S/C59H36N2O/c1-2-15-37(16-3-1)38-17-14-18-39(33-38)54-36-55(61-58(60-54)41-29-31-48-47-24-9-13-28-56(47)62-57(48)35-41)40-30-32-53-49(34-40)43-20-5-4-19-42(43)44-21-6-10-25-50(44)59(53)51-26-11-7-22-45(51)46-23-8-12-27-52(46)59/h1-36H. The molecule has 0 radical (unpaired) electrons. The first-order valence-corrected chi connectivity index (χ1v) is 21.2. The van der Waals surface area contributed by atoms with Gasteiger partial charge in [-0.2, -0.15) is 0 Å². The van der Waals surface area contributed by atoms with Crippen LogP contribution >= 0.6 is 0 Å². The van der Waals surface area contributed by atoms with Gasteiger partial charge < -0.3 is 4.42 Å². The maximum absolute atomic E-state index is 6.38. The fourth-order valence-electron chi connectivity index (χ4n) is 10.4. The highest BCUT2D eigenvalue weighted by molar-refractivity contribution is 6.06. The number of rotatable bonds is 4. The number of benzene rings is 9. The lowest BCUT2D eigenvalue weighted by molar-refractivity contribution is 0.669. The van der Waals surface area contributed by atoms with Gasteiger partial charge in [-0.3, -0.25) is 0 Å². The van der Waals surface area contributed by atoms with E-state index in [1.165, 1.54) is 55.6 Å². The molecule has 0 unspecified atom stereocenters. The van der Waals surface area contributed by atoms with Gasteiger partial charge in [-0.15, -0.1) is 0 Å².